The van der Waals surface area contributed by atoms with Gasteiger partial charge in [-0.25, -0.2) is 0 Å². The molecule has 0 spiro atoms. The number of nitrogens with two attached hydrogens (primary N) is 4. The second-order valence-corrected chi connectivity index (χ2v) is 8.15. The van der Waals surface area contributed by atoms with Crippen LogP contribution in [-0.4, -0.2) is 60.5 Å². The number of rotatable bonds is 10. The average molecular weight is 598 g/mol. The molecule has 10 N–H and O–H groups in total. The fourth-order valence-corrected chi connectivity index (χ4v) is 4.43. The van der Waals surface area contributed by atoms with Gasteiger partial charge in [0.1, 0.15) is 0 Å². The van der Waals surface area contributed by atoms with Crippen molar-refractivity contribution in [2.24, 2.45) is 45.6 Å². The van der Waals surface area contributed by atoms with E-state index in [0.717, 1.165) is 25.7 Å². The van der Waals surface area contributed by atoms with Crippen LogP contribution in [0.5, 0.6) is 0 Å². The van der Waals surface area contributed by atoms with E-state index in [1.165, 1.54) is 0 Å². The van der Waals surface area contributed by atoms with Gasteiger partial charge in [0.15, 0.2) is 0 Å². The zero-order valence-corrected chi connectivity index (χ0v) is 18.8. The Morgan fingerprint density at radius 1 is 0.828 bits per heavy atom. The molecule has 2 rings (SSSR count). The van der Waals surface area contributed by atoms with Crippen LogP contribution in [-0.2, 0) is 30.7 Å². The molecule has 0 aromatic rings. The van der Waals surface area contributed by atoms with Crippen molar-refractivity contribution in [3.05, 3.63) is 0 Å². The van der Waals surface area contributed by atoms with E-state index in [-0.39, 0.29) is 56.6 Å². The van der Waals surface area contributed by atoms with E-state index in [9.17, 15) is 30.0 Å². The summed E-state index contributed by atoms with van der Waals surface area (Å²) in [7, 11) is 0. The number of carboxylic acids is 2. The first-order valence-electron chi connectivity index (χ1n) is 9.69. The van der Waals surface area contributed by atoms with Gasteiger partial charge in [-0.2, -0.15) is 0 Å². The van der Waals surface area contributed by atoms with Gasteiger partial charge in [-0.3, -0.25) is 0 Å². The summed E-state index contributed by atoms with van der Waals surface area (Å²) < 4.78 is 0. The molecular weight excluding hydrogens is 563 g/mol. The van der Waals surface area contributed by atoms with Crippen molar-refractivity contribution < 1.29 is 51.1 Å². The zero-order valence-electron chi connectivity index (χ0n) is 16.5. The van der Waals surface area contributed by atoms with Gasteiger partial charge in [0.2, 0.25) is 0 Å². The summed E-state index contributed by atoms with van der Waals surface area (Å²) in [5, 5.41) is 39.2. The number of aliphatic hydroxyl groups excluding tert-OH is 2. The predicted molar refractivity (Wildman–Crippen MR) is 97.8 cm³/mol. The molecule has 0 amide bonds. The van der Waals surface area contributed by atoms with Gasteiger partial charge in [0, 0.05) is 0 Å². The second-order valence-electron chi connectivity index (χ2n) is 8.15. The Labute approximate surface area is 185 Å². The van der Waals surface area contributed by atoms with E-state index in [1.807, 2.05) is 0 Å². The summed E-state index contributed by atoms with van der Waals surface area (Å²) in [4.78, 5) is 20.8. The minimum atomic E-state index is -1.43. The third-order valence-corrected chi connectivity index (χ3v) is 6.84. The standard InChI is InChI=1S/2C9H18N2O3.Pt/c2*10-4-6-1-2-9(6,5-11)3-7(12)8(13)14;/h2*6-7,12H,1-5,10-11H2,(H,13,14);/q;;+2/p-2. The summed E-state index contributed by atoms with van der Waals surface area (Å²) in [5.41, 5.74) is 21.7. The summed E-state index contributed by atoms with van der Waals surface area (Å²) in [6.07, 6.45) is 1.09. The molecule has 172 valence electrons. The Morgan fingerprint density at radius 2 is 1.14 bits per heavy atom. The average Bonchev–Trinajstić information content (AvgIpc) is 2.62. The van der Waals surface area contributed by atoms with Crippen LogP contribution in [0.3, 0.4) is 0 Å². The van der Waals surface area contributed by atoms with Crippen LogP contribution >= 0.6 is 0 Å². The maximum atomic E-state index is 10.4. The second kappa shape index (κ2) is 12.3. The van der Waals surface area contributed by atoms with Gasteiger partial charge >= 0.3 is 21.1 Å². The third kappa shape index (κ3) is 6.69. The molecule has 29 heavy (non-hydrogen) atoms. The molecule has 0 bridgehead atoms. The Morgan fingerprint density at radius 3 is 1.28 bits per heavy atom. The minimum absolute atomic E-state index is 0. The maximum Gasteiger partial charge on any atom is 2.00 e. The van der Waals surface area contributed by atoms with Crippen molar-refractivity contribution in [1.29, 1.82) is 0 Å². The molecule has 0 aromatic carbocycles. The Bertz CT molecular complexity index is 484. The molecule has 2 aliphatic carbocycles. The van der Waals surface area contributed by atoms with Crippen LogP contribution in [0.4, 0.5) is 0 Å². The van der Waals surface area contributed by atoms with E-state index in [1.54, 1.807) is 0 Å². The predicted octanol–water partition coefficient (Wildman–Crippen LogP) is -4.40. The number of carbonyl (C=O) groups excluding carboxylic acids is 2. The van der Waals surface area contributed by atoms with Crippen LogP contribution in [0.25, 0.3) is 0 Å². The van der Waals surface area contributed by atoms with Crippen LogP contribution in [0.15, 0.2) is 0 Å². The van der Waals surface area contributed by atoms with Crippen LogP contribution in [0.1, 0.15) is 38.5 Å². The monoisotopic (exact) mass is 597 g/mol. The first-order chi connectivity index (χ1) is 13.1. The normalized spacial score (nSPS) is 32.3. The topological polar surface area (TPSA) is 225 Å². The zero-order chi connectivity index (χ0) is 21.5. The molecule has 10 nitrogen and oxygen atoms in total. The molecule has 2 saturated carbocycles. The molecule has 0 aliphatic heterocycles. The largest absolute Gasteiger partial charge is 2.00 e. The molecule has 0 heterocycles. The molecular formula is C18H34N4O6Pt. The van der Waals surface area contributed by atoms with Crippen molar-refractivity contribution in [3.8, 4) is 0 Å². The molecule has 2 fully saturated rings. The summed E-state index contributed by atoms with van der Waals surface area (Å²) in [6, 6.07) is 0. The summed E-state index contributed by atoms with van der Waals surface area (Å²) in [6.45, 7) is 1.74. The van der Waals surface area contributed by atoms with Gasteiger partial charge in [-0.1, -0.05) is 0 Å². The van der Waals surface area contributed by atoms with E-state index in [0.29, 0.717) is 26.2 Å². The number of carbonyl (C=O) groups is 2. The van der Waals surface area contributed by atoms with Crippen molar-refractivity contribution in [1.82, 2.24) is 0 Å². The van der Waals surface area contributed by atoms with Crippen LogP contribution in [0.2, 0.25) is 0 Å². The fourth-order valence-electron chi connectivity index (χ4n) is 4.43. The molecule has 6 atom stereocenters. The summed E-state index contributed by atoms with van der Waals surface area (Å²) >= 11 is 0. The molecule has 0 saturated heterocycles. The van der Waals surface area contributed by atoms with Crippen molar-refractivity contribution in [2.45, 2.75) is 50.7 Å². The number of hydrogen-bond donors (Lipinski definition) is 6. The Hall–Kier alpha value is -0.612. The Balaban J connectivity index is 0.000000523. The van der Waals surface area contributed by atoms with Gasteiger partial charge in [0.25, 0.3) is 0 Å². The van der Waals surface area contributed by atoms with E-state index in [2.05, 4.69) is 0 Å². The summed E-state index contributed by atoms with van der Waals surface area (Å²) in [5.74, 6) is -2.39. The van der Waals surface area contributed by atoms with Crippen LogP contribution < -0.4 is 33.1 Å². The third-order valence-electron chi connectivity index (χ3n) is 6.84. The van der Waals surface area contributed by atoms with Crippen molar-refractivity contribution >= 4 is 11.9 Å². The van der Waals surface area contributed by atoms with E-state index >= 15 is 0 Å². The molecule has 6 unspecified atom stereocenters. The van der Waals surface area contributed by atoms with Gasteiger partial charge in [-0.15, -0.1) is 0 Å². The van der Waals surface area contributed by atoms with Crippen molar-refractivity contribution in [3.63, 3.8) is 0 Å². The molecule has 0 radical (unpaired) electrons. The van der Waals surface area contributed by atoms with Crippen molar-refractivity contribution in [2.75, 3.05) is 26.2 Å². The van der Waals surface area contributed by atoms with E-state index < -0.39 is 24.1 Å². The smallest absolute Gasteiger partial charge is 0.547 e. The van der Waals surface area contributed by atoms with E-state index in [4.69, 9.17) is 22.9 Å². The SMILES string of the molecule is NCC1CCC1(CN)CC(O)C(=O)[O-].NCC1CCC1(CN)CC(O)C(=O)[O-].[Pt+2]. The Kier molecular flexibility index (Phi) is 12.0. The van der Waals surface area contributed by atoms with Crippen LogP contribution in [0, 0.1) is 22.7 Å². The number of aliphatic carboxylic acids is 2. The fraction of sp³-hybridized carbons (Fsp3) is 0.889. The molecule has 11 heteroatoms. The number of carboxylic acid groups (broad SMARTS) is 2. The van der Waals surface area contributed by atoms with Gasteiger partial charge in [0.05, 0.1) is 24.1 Å². The molecule has 2 aliphatic rings. The number of aliphatic hydroxyl groups is 2. The quantitative estimate of drug-likeness (QED) is 0.142. The van der Waals surface area contributed by atoms with Gasteiger partial charge < -0.3 is 52.9 Å². The minimum Gasteiger partial charge on any atom is -0.547 e. The number of hydrogen-bond acceptors (Lipinski definition) is 10. The molecule has 0 aromatic heterocycles. The van der Waals surface area contributed by atoms with Gasteiger partial charge in [-0.05, 0) is 87.4 Å². The maximum absolute atomic E-state index is 10.4. The first kappa shape index (κ1) is 28.4. The first-order valence-corrected chi connectivity index (χ1v) is 9.69.